The zero-order chi connectivity index (χ0) is 13.5. The molecule has 0 atom stereocenters. The van der Waals surface area contributed by atoms with Crippen LogP contribution >= 0.6 is 11.6 Å². The molecule has 0 aliphatic heterocycles. The molecule has 0 spiro atoms. The SMILES string of the molecule is CCCCCc1cnc(-c2ccc(CCl)cc2)nc1. The fourth-order valence-corrected chi connectivity index (χ4v) is 2.13. The van der Waals surface area contributed by atoms with Crippen LogP contribution in [-0.4, -0.2) is 9.97 Å². The van der Waals surface area contributed by atoms with Crippen LogP contribution in [0.2, 0.25) is 0 Å². The first kappa shape index (κ1) is 14.0. The number of aryl methyl sites for hydroxylation is 1. The number of hydrogen-bond acceptors (Lipinski definition) is 2. The van der Waals surface area contributed by atoms with Crippen molar-refractivity contribution in [3.63, 3.8) is 0 Å². The predicted molar refractivity (Wildman–Crippen MR) is 80.3 cm³/mol. The van der Waals surface area contributed by atoms with Crippen LogP contribution in [0.4, 0.5) is 0 Å². The zero-order valence-electron chi connectivity index (χ0n) is 11.3. The Labute approximate surface area is 119 Å². The van der Waals surface area contributed by atoms with E-state index in [1.165, 1.54) is 24.8 Å². The summed E-state index contributed by atoms with van der Waals surface area (Å²) < 4.78 is 0. The molecule has 0 aliphatic carbocycles. The van der Waals surface area contributed by atoms with E-state index in [2.05, 4.69) is 16.9 Å². The molecule has 100 valence electrons. The first-order chi connectivity index (χ1) is 9.33. The summed E-state index contributed by atoms with van der Waals surface area (Å²) in [4.78, 5) is 8.88. The molecule has 0 saturated carbocycles. The standard InChI is InChI=1S/C16H19ClN2/c1-2-3-4-5-14-11-18-16(19-12-14)15-8-6-13(10-17)7-9-15/h6-9,11-12H,2-5,10H2,1H3. The van der Waals surface area contributed by atoms with Crippen LogP contribution in [0.5, 0.6) is 0 Å². The minimum Gasteiger partial charge on any atom is -0.236 e. The quantitative estimate of drug-likeness (QED) is 0.568. The number of alkyl halides is 1. The Balaban J connectivity index is 2.04. The van der Waals surface area contributed by atoms with Gasteiger partial charge in [0.15, 0.2) is 5.82 Å². The predicted octanol–water partition coefficient (Wildman–Crippen LogP) is 4.62. The van der Waals surface area contributed by atoms with Gasteiger partial charge in [0.25, 0.3) is 0 Å². The highest BCUT2D eigenvalue weighted by molar-refractivity contribution is 6.17. The molecule has 0 N–H and O–H groups in total. The number of aromatic nitrogens is 2. The molecule has 2 rings (SSSR count). The van der Waals surface area contributed by atoms with Gasteiger partial charge in [-0.1, -0.05) is 44.0 Å². The number of halogens is 1. The molecule has 1 aromatic carbocycles. The average molecular weight is 275 g/mol. The van der Waals surface area contributed by atoms with Crippen LogP contribution in [0.3, 0.4) is 0 Å². The van der Waals surface area contributed by atoms with Crippen molar-refractivity contribution in [2.45, 2.75) is 38.5 Å². The third kappa shape index (κ3) is 4.03. The maximum absolute atomic E-state index is 5.78. The zero-order valence-corrected chi connectivity index (χ0v) is 12.0. The van der Waals surface area contributed by atoms with E-state index >= 15 is 0 Å². The van der Waals surface area contributed by atoms with Crippen LogP contribution in [0.1, 0.15) is 37.3 Å². The molecular formula is C16H19ClN2. The lowest BCUT2D eigenvalue weighted by Gasteiger charge is -2.03. The number of nitrogens with zero attached hydrogens (tertiary/aromatic N) is 2. The van der Waals surface area contributed by atoms with Gasteiger partial charge in [-0.15, -0.1) is 11.6 Å². The Bertz CT molecular complexity index is 491. The number of benzene rings is 1. The summed E-state index contributed by atoms with van der Waals surface area (Å²) in [5, 5.41) is 0. The monoisotopic (exact) mass is 274 g/mol. The Kier molecular flexibility index (Phi) is 5.34. The topological polar surface area (TPSA) is 25.8 Å². The first-order valence-corrected chi connectivity index (χ1v) is 7.33. The second-order valence-electron chi connectivity index (χ2n) is 4.70. The van der Waals surface area contributed by atoms with Crippen molar-refractivity contribution in [1.29, 1.82) is 0 Å². The van der Waals surface area contributed by atoms with Gasteiger partial charge in [-0.2, -0.15) is 0 Å². The minimum atomic E-state index is 0.539. The van der Waals surface area contributed by atoms with Gasteiger partial charge in [0.1, 0.15) is 0 Å². The van der Waals surface area contributed by atoms with Crippen molar-refractivity contribution < 1.29 is 0 Å². The fraction of sp³-hybridized carbons (Fsp3) is 0.375. The average Bonchev–Trinajstić information content (AvgIpc) is 2.48. The van der Waals surface area contributed by atoms with Crippen molar-refractivity contribution in [3.05, 3.63) is 47.8 Å². The Morgan fingerprint density at radius 3 is 2.21 bits per heavy atom. The largest absolute Gasteiger partial charge is 0.236 e. The second kappa shape index (κ2) is 7.25. The van der Waals surface area contributed by atoms with E-state index < -0.39 is 0 Å². The summed E-state index contributed by atoms with van der Waals surface area (Å²) in [5.41, 5.74) is 3.37. The normalized spacial score (nSPS) is 10.6. The van der Waals surface area contributed by atoms with E-state index in [1.807, 2.05) is 36.7 Å². The molecule has 0 fully saturated rings. The van der Waals surface area contributed by atoms with Gasteiger partial charge >= 0.3 is 0 Å². The van der Waals surface area contributed by atoms with E-state index in [9.17, 15) is 0 Å². The third-order valence-corrected chi connectivity index (χ3v) is 3.45. The maximum Gasteiger partial charge on any atom is 0.159 e. The molecular weight excluding hydrogens is 256 g/mol. The molecule has 0 radical (unpaired) electrons. The van der Waals surface area contributed by atoms with Gasteiger partial charge in [-0.3, -0.25) is 0 Å². The first-order valence-electron chi connectivity index (χ1n) is 6.79. The summed E-state index contributed by atoms with van der Waals surface area (Å²) in [6.07, 6.45) is 8.66. The fourth-order valence-electron chi connectivity index (χ4n) is 1.95. The second-order valence-corrected chi connectivity index (χ2v) is 4.97. The number of rotatable bonds is 6. The highest BCUT2D eigenvalue weighted by Gasteiger charge is 2.01. The van der Waals surface area contributed by atoms with Gasteiger partial charge in [-0.25, -0.2) is 9.97 Å². The highest BCUT2D eigenvalue weighted by atomic mass is 35.5. The van der Waals surface area contributed by atoms with Crippen LogP contribution in [0.25, 0.3) is 11.4 Å². The summed E-state index contributed by atoms with van der Waals surface area (Å²) in [6, 6.07) is 8.06. The Hall–Kier alpha value is -1.41. The number of hydrogen-bond donors (Lipinski definition) is 0. The maximum atomic E-state index is 5.78. The Morgan fingerprint density at radius 1 is 0.947 bits per heavy atom. The van der Waals surface area contributed by atoms with E-state index in [1.54, 1.807) is 0 Å². The molecule has 19 heavy (non-hydrogen) atoms. The minimum absolute atomic E-state index is 0.539. The molecule has 2 nitrogen and oxygen atoms in total. The van der Waals surface area contributed by atoms with E-state index in [0.29, 0.717) is 5.88 Å². The summed E-state index contributed by atoms with van der Waals surface area (Å²) in [5.74, 6) is 1.32. The third-order valence-electron chi connectivity index (χ3n) is 3.14. The van der Waals surface area contributed by atoms with Gasteiger partial charge in [-0.05, 0) is 24.0 Å². The van der Waals surface area contributed by atoms with Gasteiger partial charge in [0, 0.05) is 23.8 Å². The molecule has 1 heterocycles. The van der Waals surface area contributed by atoms with Gasteiger partial charge in [0.05, 0.1) is 0 Å². The van der Waals surface area contributed by atoms with Crippen LogP contribution in [-0.2, 0) is 12.3 Å². The van der Waals surface area contributed by atoms with Crippen molar-refractivity contribution >= 4 is 11.6 Å². The lowest BCUT2D eigenvalue weighted by Crippen LogP contribution is -1.93. The molecule has 0 saturated heterocycles. The number of unbranched alkanes of at least 4 members (excludes halogenated alkanes) is 2. The van der Waals surface area contributed by atoms with Crippen molar-refractivity contribution in [1.82, 2.24) is 9.97 Å². The molecule has 0 aliphatic rings. The van der Waals surface area contributed by atoms with Crippen molar-refractivity contribution in [2.24, 2.45) is 0 Å². The summed E-state index contributed by atoms with van der Waals surface area (Å²) in [7, 11) is 0. The molecule has 3 heteroatoms. The molecule has 0 amide bonds. The molecule has 1 aromatic heterocycles. The van der Waals surface area contributed by atoms with E-state index in [0.717, 1.165) is 23.4 Å². The lowest BCUT2D eigenvalue weighted by atomic mass is 10.1. The molecule has 2 aromatic rings. The van der Waals surface area contributed by atoms with Crippen molar-refractivity contribution in [2.75, 3.05) is 0 Å². The van der Waals surface area contributed by atoms with Gasteiger partial charge in [0.2, 0.25) is 0 Å². The van der Waals surface area contributed by atoms with Gasteiger partial charge < -0.3 is 0 Å². The highest BCUT2D eigenvalue weighted by Crippen LogP contribution is 2.16. The van der Waals surface area contributed by atoms with Crippen LogP contribution < -0.4 is 0 Å². The summed E-state index contributed by atoms with van der Waals surface area (Å²) in [6.45, 7) is 2.21. The lowest BCUT2D eigenvalue weighted by molar-refractivity contribution is 0.714. The molecule has 0 bridgehead atoms. The van der Waals surface area contributed by atoms with Crippen LogP contribution in [0, 0.1) is 0 Å². The van der Waals surface area contributed by atoms with Crippen molar-refractivity contribution in [3.8, 4) is 11.4 Å². The summed E-state index contributed by atoms with van der Waals surface area (Å²) >= 11 is 5.78. The Morgan fingerprint density at radius 2 is 1.63 bits per heavy atom. The smallest absolute Gasteiger partial charge is 0.159 e. The molecule has 0 unspecified atom stereocenters. The van der Waals surface area contributed by atoms with E-state index in [-0.39, 0.29) is 0 Å². The van der Waals surface area contributed by atoms with E-state index in [4.69, 9.17) is 11.6 Å². The van der Waals surface area contributed by atoms with Crippen LogP contribution in [0.15, 0.2) is 36.7 Å².